The average Bonchev–Trinajstić information content (AvgIpc) is 2.33. The predicted octanol–water partition coefficient (Wildman–Crippen LogP) is 0.949. The van der Waals surface area contributed by atoms with Gasteiger partial charge in [0.05, 0.1) is 12.7 Å². The molecule has 2 aliphatic rings. The molecule has 0 aromatic rings. The molecule has 1 N–H and O–H groups in total. The zero-order valence-electron chi connectivity index (χ0n) is 6.01. The van der Waals surface area contributed by atoms with Gasteiger partial charge in [0.15, 0.2) is 0 Å². The molecule has 3 heteroatoms. The topological polar surface area (TPSA) is 21.3 Å². The molecule has 60 valence electrons. The zero-order chi connectivity index (χ0) is 6.10. The Kier molecular flexibility index (Phi) is 2.96. The van der Waals surface area contributed by atoms with Crippen molar-refractivity contribution >= 4 is 12.4 Å². The Balaban J connectivity index is 0.000000500. The van der Waals surface area contributed by atoms with Crippen molar-refractivity contribution in [2.45, 2.75) is 31.4 Å². The van der Waals surface area contributed by atoms with Gasteiger partial charge in [-0.1, -0.05) is 0 Å². The zero-order valence-corrected chi connectivity index (χ0v) is 6.82. The minimum Gasteiger partial charge on any atom is -0.375 e. The molecular weight excluding hydrogens is 150 g/mol. The van der Waals surface area contributed by atoms with E-state index in [1.165, 1.54) is 19.3 Å². The molecule has 1 saturated carbocycles. The summed E-state index contributed by atoms with van der Waals surface area (Å²) in [6.07, 6.45) is 4.50. The molecule has 2 unspecified atom stereocenters. The Hall–Kier alpha value is 0.210. The highest BCUT2D eigenvalue weighted by Gasteiger charge is 2.29. The van der Waals surface area contributed by atoms with Crippen molar-refractivity contribution < 1.29 is 4.74 Å². The summed E-state index contributed by atoms with van der Waals surface area (Å²) in [5.41, 5.74) is 0. The number of halogens is 1. The van der Waals surface area contributed by atoms with Gasteiger partial charge in [0, 0.05) is 12.6 Å². The first kappa shape index (κ1) is 8.31. The molecule has 2 fully saturated rings. The van der Waals surface area contributed by atoms with Crippen LogP contribution in [0.5, 0.6) is 0 Å². The quantitative estimate of drug-likeness (QED) is 0.574. The molecule has 0 aromatic heterocycles. The maximum absolute atomic E-state index is 5.54. The minimum atomic E-state index is 0. The van der Waals surface area contributed by atoms with Gasteiger partial charge in [-0.15, -0.1) is 12.4 Å². The van der Waals surface area contributed by atoms with Crippen molar-refractivity contribution in [3.05, 3.63) is 0 Å². The molecule has 0 aromatic carbocycles. The van der Waals surface area contributed by atoms with Crippen LogP contribution in [0, 0.1) is 0 Å². The monoisotopic (exact) mass is 163 g/mol. The molecule has 0 radical (unpaired) electrons. The molecule has 2 rings (SSSR count). The van der Waals surface area contributed by atoms with Crippen molar-refractivity contribution in [2.75, 3.05) is 13.2 Å². The van der Waals surface area contributed by atoms with Gasteiger partial charge < -0.3 is 10.1 Å². The van der Waals surface area contributed by atoms with Crippen molar-refractivity contribution in [2.24, 2.45) is 0 Å². The van der Waals surface area contributed by atoms with Crippen LogP contribution in [0.25, 0.3) is 0 Å². The molecule has 0 amide bonds. The lowest BCUT2D eigenvalue weighted by Crippen LogP contribution is -2.44. The van der Waals surface area contributed by atoms with Crippen LogP contribution in [0.15, 0.2) is 0 Å². The van der Waals surface area contributed by atoms with Gasteiger partial charge in [0.1, 0.15) is 0 Å². The summed E-state index contributed by atoms with van der Waals surface area (Å²) in [7, 11) is 0. The van der Waals surface area contributed by atoms with Gasteiger partial charge in [-0.25, -0.2) is 0 Å². The van der Waals surface area contributed by atoms with Crippen LogP contribution >= 0.6 is 12.4 Å². The Labute approximate surface area is 67.7 Å². The molecule has 1 heterocycles. The molecule has 1 aliphatic heterocycles. The number of fused-ring (bicyclic) bond motifs is 1. The first-order valence-corrected chi connectivity index (χ1v) is 3.82. The van der Waals surface area contributed by atoms with E-state index in [2.05, 4.69) is 5.32 Å². The third-order valence-electron chi connectivity index (χ3n) is 2.29. The fraction of sp³-hybridized carbons (Fsp3) is 1.00. The second-order valence-corrected chi connectivity index (χ2v) is 2.90. The number of nitrogens with one attached hydrogen (secondary N) is 1. The van der Waals surface area contributed by atoms with Gasteiger partial charge in [-0.2, -0.15) is 0 Å². The van der Waals surface area contributed by atoms with Crippen LogP contribution in [0.2, 0.25) is 0 Å². The van der Waals surface area contributed by atoms with E-state index in [1.807, 2.05) is 0 Å². The number of ether oxygens (including phenoxy) is 1. The highest BCUT2D eigenvalue weighted by atomic mass is 35.5. The smallest absolute Gasteiger partial charge is 0.0728 e. The average molecular weight is 164 g/mol. The summed E-state index contributed by atoms with van der Waals surface area (Å²) >= 11 is 0. The van der Waals surface area contributed by atoms with Gasteiger partial charge in [0.25, 0.3) is 0 Å². The van der Waals surface area contributed by atoms with E-state index in [0.29, 0.717) is 12.1 Å². The van der Waals surface area contributed by atoms with Gasteiger partial charge in [-0.3, -0.25) is 0 Å². The Morgan fingerprint density at radius 2 is 2.20 bits per heavy atom. The van der Waals surface area contributed by atoms with Gasteiger partial charge >= 0.3 is 0 Å². The summed E-state index contributed by atoms with van der Waals surface area (Å²) in [4.78, 5) is 0. The molecule has 10 heavy (non-hydrogen) atoms. The standard InChI is InChI=1S/C7H13NO.ClH/c1-2-6-7(3-1)9-5-4-8-6;/h6-8H,1-5H2;1H. The third kappa shape index (κ3) is 1.44. The second kappa shape index (κ2) is 3.56. The molecule has 2 nitrogen and oxygen atoms in total. The van der Waals surface area contributed by atoms with Crippen LogP contribution < -0.4 is 5.32 Å². The van der Waals surface area contributed by atoms with Crippen molar-refractivity contribution in [3.8, 4) is 0 Å². The Bertz CT molecular complexity index is 97.8. The van der Waals surface area contributed by atoms with Crippen LogP contribution in [-0.2, 0) is 4.74 Å². The molecule has 0 bridgehead atoms. The summed E-state index contributed by atoms with van der Waals surface area (Å²) in [6, 6.07) is 0.693. The van der Waals surface area contributed by atoms with Crippen LogP contribution in [0.1, 0.15) is 19.3 Å². The van der Waals surface area contributed by atoms with Crippen molar-refractivity contribution in [1.29, 1.82) is 0 Å². The largest absolute Gasteiger partial charge is 0.375 e. The second-order valence-electron chi connectivity index (χ2n) is 2.90. The van der Waals surface area contributed by atoms with Crippen LogP contribution in [-0.4, -0.2) is 25.3 Å². The first-order chi connectivity index (χ1) is 4.47. The highest BCUT2D eigenvalue weighted by Crippen LogP contribution is 2.23. The lowest BCUT2D eigenvalue weighted by Gasteiger charge is -2.26. The van der Waals surface area contributed by atoms with E-state index in [0.717, 1.165) is 13.2 Å². The number of morpholine rings is 1. The molecule has 1 saturated heterocycles. The van der Waals surface area contributed by atoms with Crippen LogP contribution in [0.3, 0.4) is 0 Å². The lowest BCUT2D eigenvalue weighted by atomic mass is 10.2. The number of hydrogen-bond acceptors (Lipinski definition) is 2. The van der Waals surface area contributed by atoms with Gasteiger partial charge in [0.2, 0.25) is 0 Å². The Morgan fingerprint density at radius 1 is 1.30 bits per heavy atom. The minimum absolute atomic E-state index is 0. The maximum atomic E-state index is 5.54. The first-order valence-electron chi connectivity index (χ1n) is 3.82. The van der Waals surface area contributed by atoms with E-state index in [-0.39, 0.29) is 12.4 Å². The maximum Gasteiger partial charge on any atom is 0.0728 e. The summed E-state index contributed by atoms with van der Waals surface area (Å²) in [6.45, 7) is 1.97. The lowest BCUT2D eigenvalue weighted by molar-refractivity contribution is 0.0113. The van der Waals surface area contributed by atoms with E-state index in [4.69, 9.17) is 4.74 Å². The molecular formula is C7H14ClNO. The molecule has 2 atom stereocenters. The Morgan fingerprint density at radius 3 is 3.00 bits per heavy atom. The molecule has 1 aliphatic carbocycles. The number of rotatable bonds is 0. The summed E-state index contributed by atoms with van der Waals surface area (Å²) in [5.74, 6) is 0. The van der Waals surface area contributed by atoms with E-state index in [9.17, 15) is 0 Å². The summed E-state index contributed by atoms with van der Waals surface area (Å²) < 4.78 is 5.54. The molecule has 0 spiro atoms. The van der Waals surface area contributed by atoms with Crippen LogP contribution in [0.4, 0.5) is 0 Å². The highest BCUT2D eigenvalue weighted by molar-refractivity contribution is 5.85. The SMILES string of the molecule is C1CC2NCCOC2C1.Cl. The van der Waals surface area contributed by atoms with E-state index in [1.54, 1.807) is 0 Å². The fourth-order valence-electron chi connectivity index (χ4n) is 1.81. The third-order valence-corrected chi connectivity index (χ3v) is 2.29. The van der Waals surface area contributed by atoms with Crippen molar-refractivity contribution in [1.82, 2.24) is 5.32 Å². The van der Waals surface area contributed by atoms with E-state index < -0.39 is 0 Å². The number of hydrogen-bond donors (Lipinski definition) is 1. The predicted molar refractivity (Wildman–Crippen MR) is 42.6 cm³/mol. The fourth-order valence-corrected chi connectivity index (χ4v) is 1.81. The normalized spacial score (nSPS) is 38.4. The summed E-state index contributed by atoms with van der Waals surface area (Å²) in [5, 5.41) is 3.46. The van der Waals surface area contributed by atoms with Gasteiger partial charge in [-0.05, 0) is 19.3 Å². The van der Waals surface area contributed by atoms with E-state index >= 15 is 0 Å². The van der Waals surface area contributed by atoms with Crippen molar-refractivity contribution in [3.63, 3.8) is 0 Å².